The molecular formula is C8H17N4O6P. The van der Waals surface area contributed by atoms with Gasteiger partial charge >= 0.3 is 18.2 Å². The Balaban J connectivity index is 0. The number of hydroxylamine groups is 1. The number of hydrogen-bond acceptors (Lipinski definition) is 6. The molecule has 0 heterocycles. The molecule has 0 rings (SSSR count). The molecule has 19 heavy (non-hydrogen) atoms. The molecule has 0 fully saturated rings. The number of hydrogen-bond donors (Lipinski definition) is 3. The quantitative estimate of drug-likeness (QED) is 0.524. The third-order valence-electron chi connectivity index (χ3n) is 1.03. The van der Waals surface area contributed by atoms with E-state index in [2.05, 4.69) is 29.9 Å². The molecule has 0 aliphatic heterocycles. The zero-order valence-electron chi connectivity index (χ0n) is 10.8. The Morgan fingerprint density at radius 3 is 2.16 bits per heavy atom. The number of carbonyl (C=O) groups is 3. The molecular weight excluding hydrogens is 279 g/mol. The van der Waals surface area contributed by atoms with Crippen LogP contribution in [0.4, 0.5) is 14.4 Å². The molecule has 0 aliphatic carbocycles. The molecule has 4 amide bonds. The first-order chi connectivity index (χ1) is 8.97. The van der Waals surface area contributed by atoms with Crippen LogP contribution in [-0.4, -0.2) is 38.5 Å². The van der Waals surface area contributed by atoms with Crippen molar-refractivity contribution >= 4 is 26.7 Å². The standard InChI is InChI=1S/C5H10N3O4P.C3H7NO2/c1-3-12-5(10)8-13-7-4(9)6-11-2;1-2-6-3(4)5/h3H2,1-2H3,(H2,6,7,8,9,10);2H2,1H3,(H2,4,5). The summed E-state index contributed by atoms with van der Waals surface area (Å²) < 4.78 is 12.0. The van der Waals surface area contributed by atoms with Crippen molar-refractivity contribution in [1.29, 1.82) is 0 Å². The Bertz CT molecular complexity index is 312. The van der Waals surface area contributed by atoms with Gasteiger partial charge in [-0.15, -0.1) is 4.74 Å². The molecule has 0 saturated carbocycles. The third-order valence-corrected chi connectivity index (χ3v) is 1.60. The van der Waals surface area contributed by atoms with E-state index in [0.29, 0.717) is 6.61 Å². The second-order valence-electron chi connectivity index (χ2n) is 2.40. The molecule has 0 radical (unpaired) electrons. The highest BCUT2D eigenvalue weighted by atomic mass is 31.1. The van der Waals surface area contributed by atoms with Gasteiger partial charge in [-0.2, -0.15) is 0 Å². The molecule has 10 nitrogen and oxygen atoms in total. The Labute approximate surface area is 111 Å². The smallest absolute Gasteiger partial charge is 0.438 e. The fraction of sp³-hybridized carbons (Fsp3) is 0.625. The Morgan fingerprint density at radius 2 is 1.79 bits per heavy atom. The zero-order valence-corrected chi connectivity index (χ0v) is 11.7. The van der Waals surface area contributed by atoms with Crippen LogP contribution in [0.25, 0.3) is 0 Å². The van der Waals surface area contributed by atoms with Gasteiger partial charge in [0.15, 0.2) is 0 Å². The lowest BCUT2D eigenvalue weighted by Crippen LogP contribution is -2.28. The van der Waals surface area contributed by atoms with Gasteiger partial charge in [0.2, 0.25) is 0 Å². The van der Waals surface area contributed by atoms with Gasteiger partial charge in [0.1, 0.15) is 8.52 Å². The highest BCUT2D eigenvalue weighted by Crippen LogP contribution is 1.95. The molecule has 0 spiro atoms. The van der Waals surface area contributed by atoms with Crippen molar-refractivity contribution in [2.75, 3.05) is 20.3 Å². The predicted octanol–water partition coefficient (Wildman–Crippen LogP) is 1.15. The minimum Gasteiger partial charge on any atom is -0.450 e. The summed E-state index contributed by atoms with van der Waals surface area (Å²) in [6.45, 7) is 3.97. The van der Waals surface area contributed by atoms with Gasteiger partial charge in [-0.1, -0.05) is 0 Å². The number of carbonyl (C=O) groups excluding carboxylic acids is 3. The topological polar surface area (TPSA) is 141 Å². The lowest BCUT2D eigenvalue weighted by Gasteiger charge is -1.97. The van der Waals surface area contributed by atoms with E-state index in [1.165, 1.54) is 7.11 Å². The van der Waals surface area contributed by atoms with Crippen LogP contribution in [0, 0.1) is 0 Å². The van der Waals surface area contributed by atoms with Crippen LogP contribution in [0.3, 0.4) is 0 Å². The number of primary amides is 1. The second kappa shape index (κ2) is 14.1. The largest absolute Gasteiger partial charge is 0.450 e. The van der Waals surface area contributed by atoms with Crippen molar-refractivity contribution in [3.63, 3.8) is 0 Å². The van der Waals surface area contributed by atoms with Gasteiger partial charge in [-0.05, 0) is 13.8 Å². The molecule has 0 aromatic rings. The maximum atomic E-state index is 10.6. The van der Waals surface area contributed by atoms with E-state index in [0.717, 1.165) is 0 Å². The van der Waals surface area contributed by atoms with E-state index in [4.69, 9.17) is 0 Å². The van der Waals surface area contributed by atoms with E-state index in [9.17, 15) is 14.4 Å². The van der Waals surface area contributed by atoms with Crippen LogP contribution < -0.4 is 16.3 Å². The summed E-state index contributed by atoms with van der Waals surface area (Å²) in [5, 5.41) is 2.20. The molecule has 0 aromatic carbocycles. The SMILES string of the molecule is CCOC(=O)N=PNC(=O)NOC.CCOC(N)=O. The Morgan fingerprint density at radius 1 is 1.21 bits per heavy atom. The molecule has 0 saturated heterocycles. The maximum absolute atomic E-state index is 10.6. The fourth-order valence-electron chi connectivity index (χ4n) is 0.521. The minimum atomic E-state index is -0.720. The number of ether oxygens (including phenoxy) is 2. The van der Waals surface area contributed by atoms with Crippen LogP contribution in [0.15, 0.2) is 4.74 Å². The molecule has 0 aromatic heterocycles. The van der Waals surface area contributed by atoms with Crippen LogP contribution in [0.1, 0.15) is 13.8 Å². The van der Waals surface area contributed by atoms with Crippen molar-refractivity contribution < 1.29 is 28.7 Å². The third kappa shape index (κ3) is 18.6. The summed E-state index contributed by atoms with van der Waals surface area (Å²) in [5.41, 5.74) is 6.52. The van der Waals surface area contributed by atoms with Gasteiger partial charge in [0.25, 0.3) is 0 Å². The second-order valence-corrected chi connectivity index (χ2v) is 3.02. The van der Waals surface area contributed by atoms with E-state index in [-0.39, 0.29) is 15.1 Å². The summed E-state index contributed by atoms with van der Waals surface area (Å²) >= 11 is 0. The van der Waals surface area contributed by atoms with E-state index in [1.54, 1.807) is 13.8 Å². The first kappa shape index (κ1) is 19.4. The van der Waals surface area contributed by atoms with Gasteiger partial charge in [-0.25, -0.2) is 19.9 Å². The lowest BCUT2D eigenvalue weighted by atomic mass is 10.9. The van der Waals surface area contributed by atoms with Gasteiger partial charge in [0, 0.05) is 0 Å². The number of rotatable bonds is 4. The van der Waals surface area contributed by atoms with Crippen LogP contribution in [0.5, 0.6) is 0 Å². The molecule has 11 heteroatoms. The molecule has 4 N–H and O–H groups in total. The average Bonchev–Trinajstić information content (AvgIpc) is 2.30. The van der Waals surface area contributed by atoms with Gasteiger partial charge in [-0.3, -0.25) is 9.92 Å². The molecule has 0 bridgehead atoms. The van der Waals surface area contributed by atoms with E-state index < -0.39 is 18.2 Å². The molecule has 0 atom stereocenters. The number of nitrogens with zero attached hydrogens (tertiary/aromatic N) is 1. The normalized spacial score (nSPS) is 9.00. The van der Waals surface area contributed by atoms with Crippen LogP contribution in [0.2, 0.25) is 0 Å². The lowest BCUT2D eigenvalue weighted by molar-refractivity contribution is 0.110. The maximum Gasteiger partial charge on any atom is 0.438 e. The first-order valence-corrected chi connectivity index (χ1v) is 5.91. The number of nitrogens with one attached hydrogen (secondary N) is 2. The van der Waals surface area contributed by atoms with Crippen molar-refractivity contribution in [2.45, 2.75) is 13.8 Å². The van der Waals surface area contributed by atoms with E-state index >= 15 is 0 Å². The van der Waals surface area contributed by atoms with Gasteiger partial charge in [0.05, 0.1) is 20.3 Å². The highest BCUT2D eigenvalue weighted by Gasteiger charge is 1.97. The Kier molecular flexibility index (Phi) is 14.4. The summed E-state index contributed by atoms with van der Waals surface area (Å²) in [5.74, 6) is 0. The number of urea groups is 1. The first-order valence-electron chi connectivity index (χ1n) is 5.06. The molecule has 110 valence electrons. The summed E-state index contributed by atoms with van der Waals surface area (Å²) in [4.78, 5) is 35.1. The summed E-state index contributed by atoms with van der Waals surface area (Å²) in [6.07, 6.45) is -1.43. The summed E-state index contributed by atoms with van der Waals surface area (Å²) in [6, 6.07) is -0.586. The van der Waals surface area contributed by atoms with Crippen molar-refractivity contribution in [1.82, 2.24) is 10.6 Å². The fourth-order valence-corrected chi connectivity index (χ4v) is 0.847. The van der Waals surface area contributed by atoms with Crippen LogP contribution >= 0.6 is 8.52 Å². The monoisotopic (exact) mass is 296 g/mol. The molecule has 0 aliphatic rings. The van der Waals surface area contributed by atoms with E-state index in [1.807, 2.05) is 5.48 Å². The zero-order chi connectivity index (χ0) is 15.1. The van der Waals surface area contributed by atoms with Crippen molar-refractivity contribution in [3.05, 3.63) is 0 Å². The minimum absolute atomic E-state index is 0.0894. The predicted molar refractivity (Wildman–Crippen MR) is 66.3 cm³/mol. The van der Waals surface area contributed by atoms with Crippen molar-refractivity contribution in [3.8, 4) is 0 Å². The number of nitrogens with two attached hydrogens (primary N) is 1. The van der Waals surface area contributed by atoms with Crippen LogP contribution in [-0.2, 0) is 14.3 Å². The van der Waals surface area contributed by atoms with Gasteiger partial charge < -0.3 is 15.2 Å². The van der Waals surface area contributed by atoms with Crippen molar-refractivity contribution in [2.24, 2.45) is 10.5 Å². The molecule has 0 unspecified atom stereocenters. The summed E-state index contributed by atoms with van der Waals surface area (Å²) in [7, 11) is 1.38. The average molecular weight is 296 g/mol. The Hall–Kier alpha value is -1.93. The number of amides is 4. The highest BCUT2D eigenvalue weighted by molar-refractivity contribution is 7.25.